The first-order valence-electron chi connectivity index (χ1n) is 5.64. The summed E-state index contributed by atoms with van der Waals surface area (Å²) in [5.74, 6) is -0.291. The summed E-state index contributed by atoms with van der Waals surface area (Å²) < 4.78 is 13.1. The third-order valence-corrected chi connectivity index (χ3v) is 3.24. The molecular weight excluding hydrogens is 239 g/mol. The molecule has 0 bridgehead atoms. The van der Waals surface area contributed by atoms with Gasteiger partial charge in [-0.05, 0) is 51.7 Å². The molecule has 0 saturated heterocycles. The van der Waals surface area contributed by atoms with Crippen molar-refractivity contribution in [2.75, 3.05) is 20.6 Å². The zero-order chi connectivity index (χ0) is 13.1. The topological polar surface area (TPSA) is 15.3 Å². The van der Waals surface area contributed by atoms with E-state index in [-0.39, 0.29) is 11.4 Å². The van der Waals surface area contributed by atoms with Gasteiger partial charge in [-0.2, -0.15) is 0 Å². The van der Waals surface area contributed by atoms with E-state index in [9.17, 15) is 4.39 Å². The van der Waals surface area contributed by atoms with Gasteiger partial charge >= 0.3 is 0 Å². The Balaban J connectivity index is 2.51. The van der Waals surface area contributed by atoms with Crippen LogP contribution < -0.4 is 5.32 Å². The maximum absolute atomic E-state index is 13.1. The average Bonchev–Trinajstić information content (AvgIpc) is 2.15. The van der Waals surface area contributed by atoms with Crippen LogP contribution in [0.4, 0.5) is 4.39 Å². The monoisotopic (exact) mass is 258 g/mol. The van der Waals surface area contributed by atoms with Crippen molar-refractivity contribution in [3.05, 3.63) is 34.6 Å². The van der Waals surface area contributed by atoms with Crippen molar-refractivity contribution in [1.82, 2.24) is 10.2 Å². The van der Waals surface area contributed by atoms with Crippen molar-refractivity contribution >= 4 is 11.6 Å². The van der Waals surface area contributed by atoms with Crippen LogP contribution in [0.15, 0.2) is 18.2 Å². The Morgan fingerprint density at radius 2 is 1.94 bits per heavy atom. The highest BCUT2D eigenvalue weighted by Crippen LogP contribution is 2.14. The first-order valence-corrected chi connectivity index (χ1v) is 6.02. The lowest BCUT2D eigenvalue weighted by Gasteiger charge is -2.32. The number of halogens is 2. The lowest BCUT2D eigenvalue weighted by Crippen LogP contribution is -2.46. The summed E-state index contributed by atoms with van der Waals surface area (Å²) in [5, 5.41) is 3.75. The summed E-state index contributed by atoms with van der Waals surface area (Å²) in [6.45, 7) is 5.75. The second-order valence-corrected chi connectivity index (χ2v) is 5.52. The van der Waals surface area contributed by atoms with E-state index < -0.39 is 0 Å². The van der Waals surface area contributed by atoms with Gasteiger partial charge in [0.2, 0.25) is 0 Å². The number of nitrogens with one attached hydrogen (secondary N) is 1. The molecule has 1 N–H and O–H groups in total. The van der Waals surface area contributed by atoms with Gasteiger partial charge in [-0.3, -0.25) is 0 Å². The minimum atomic E-state index is -0.291. The molecular formula is C13H20ClFN2. The Bertz CT molecular complexity index is 357. The van der Waals surface area contributed by atoms with E-state index in [4.69, 9.17) is 11.6 Å². The van der Waals surface area contributed by atoms with Crippen LogP contribution in [0.2, 0.25) is 5.02 Å². The van der Waals surface area contributed by atoms with E-state index >= 15 is 0 Å². The largest absolute Gasteiger partial charge is 0.311 e. The highest BCUT2D eigenvalue weighted by molar-refractivity contribution is 6.30. The number of hydrogen-bond acceptors (Lipinski definition) is 2. The molecule has 0 unspecified atom stereocenters. The molecule has 17 heavy (non-hydrogen) atoms. The highest BCUT2D eigenvalue weighted by atomic mass is 35.5. The van der Waals surface area contributed by atoms with Crippen LogP contribution in [0.3, 0.4) is 0 Å². The van der Waals surface area contributed by atoms with Gasteiger partial charge in [0.05, 0.1) is 0 Å². The Morgan fingerprint density at radius 3 is 2.47 bits per heavy atom. The van der Waals surface area contributed by atoms with Gasteiger partial charge < -0.3 is 10.2 Å². The summed E-state index contributed by atoms with van der Waals surface area (Å²) in [7, 11) is 4.08. The van der Waals surface area contributed by atoms with Crippen molar-refractivity contribution in [1.29, 1.82) is 0 Å². The summed E-state index contributed by atoms with van der Waals surface area (Å²) in [4.78, 5) is 2.15. The molecule has 0 aliphatic heterocycles. The maximum atomic E-state index is 13.1. The van der Waals surface area contributed by atoms with Gasteiger partial charge in [0.1, 0.15) is 5.82 Å². The predicted octanol–water partition coefficient (Wildman–Crippen LogP) is 2.91. The van der Waals surface area contributed by atoms with Gasteiger partial charge in [0.15, 0.2) is 0 Å². The lowest BCUT2D eigenvalue weighted by molar-refractivity contribution is 0.190. The smallest absolute Gasteiger partial charge is 0.125 e. The van der Waals surface area contributed by atoms with Crippen molar-refractivity contribution in [3.63, 3.8) is 0 Å². The molecule has 0 aromatic heterocycles. The fourth-order valence-electron chi connectivity index (χ4n) is 1.38. The molecule has 0 amide bonds. The van der Waals surface area contributed by atoms with E-state index in [0.717, 1.165) is 12.1 Å². The highest BCUT2D eigenvalue weighted by Gasteiger charge is 2.19. The Hall–Kier alpha value is -0.640. The summed E-state index contributed by atoms with van der Waals surface area (Å²) in [6.07, 6.45) is 0. The van der Waals surface area contributed by atoms with E-state index in [0.29, 0.717) is 11.6 Å². The fourth-order valence-corrected chi connectivity index (χ4v) is 1.63. The normalized spacial score (nSPS) is 12.2. The Kier molecular flexibility index (Phi) is 4.92. The van der Waals surface area contributed by atoms with Gasteiger partial charge in [-0.25, -0.2) is 4.39 Å². The molecule has 0 spiro atoms. The molecule has 0 aliphatic carbocycles. The Labute approximate surface area is 108 Å². The van der Waals surface area contributed by atoms with Gasteiger partial charge in [0, 0.05) is 23.7 Å². The third kappa shape index (κ3) is 4.62. The van der Waals surface area contributed by atoms with Crippen LogP contribution in [0, 0.1) is 5.82 Å². The number of likely N-dealkylation sites (N-methyl/N-ethyl adjacent to an activating group) is 1. The van der Waals surface area contributed by atoms with Crippen molar-refractivity contribution in [2.45, 2.75) is 25.9 Å². The summed E-state index contributed by atoms with van der Waals surface area (Å²) >= 11 is 5.79. The molecule has 0 heterocycles. The first-order chi connectivity index (χ1) is 7.81. The van der Waals surface area contributed by atoms with E-state index in [1.807, 2.05) is 14.1 Å². The quantitative estimate of drug-likeness (QED) is 0.874. The standard InChI is InChI=1S/C13H20ClFN2/c1-13(2,17(3)4)9-16-8-10-5-11(14)7-12(15)6-10/h5-7,16H,8-9H2,1-4H3. The molecule has 2 nitrogen and oxygen atoms in total. The zero-order valence-electron chi connectivity index (χ0n) is 10.8. The second kappa shape index (κ2) is 5.80. The molecule has 0 saturated carbocycles. The molecule has 0 atom stereocenters. The lowest BCUT2D eigenvalue weighted by atomic mass is 10.0. The van der Waals surface area contributed by atoms with Crippen molar-refractivity contribution in [2.24, 2.45) is 0 Å². The second-order valence-electron chi connectivity index (χ2n) is 5.09. The maximum Gasteiger partial charge on any atom is 0.125 e. The van der Waals surface area contributed by atoms with Crippen LogP contribution in [0.5, 0.6) is 0 Å². The van der Waals surface area contributed by atoms with Gasteiger partial charge in [-0.1, -0.05) is 11.6 Å². The molecule has 0 radical (unpaired) electrons. The fraction of sp³-hybridized carbons (Fsp3) is 0.538. The Morgan fingerprint density at radius 1 is 1.29 bits per heavy atom. The summed E-state index contributed by atoms with van der Waals surface area (Å²) in [6, 6.07) is 4.59. The summed E-state index contributed by atoms with van der Waals surface area (Å²) in [5.41, 5.74) is 0.932. The van der Waals surface area contributed by atoms with Crippen molar-refractivity contribution < 1.29 is 4.39 Å². The van der Waals surface area contributed by atoms with Gasteiger partial charge in [0.25, 0.3) is 0 Å². The third-order valence-electron chi connectivity index (χ3n) is 3.02. The molecule has 0 fully saturated rings. The van der Waals surface area contributed by atoms with Gasteiger partial charge in [-0.15, -0.1) is 0 Å². The molecule has 96 valence electrons. The van der Waals surface area contributed by atoms with Crippen LogP contribution in [0.1, 0.15) is 19.4 Å². The van der Waals surface area contributed by atoms with Crippen LogP contribution in [-0.4, -0.2) is 31.1 Å². The van der Waals surface area contributed by atoms with E-state index in [2.05, 4.69) is 24.1 Å². The van der Waals surface area contributed by atoms with E-state index in [1.165, 1.54) is 12.1 Å². The SMILES string of the molecule is CN(C)C(C)(C)CNCc1cc(F)cc(Cl)c1. The van der Waals surface area contributed by atoms with Crippen molar-refractivity contribution in [3.8, 4) is 0 Å². The van der Waals surface area contributed by atoms with Crippen LogP contribution >= 0.6 is 11.6 Å². The average molecular weight is 259 g/mol. The van der Waals surface area contributed by atoms with Crippen LogP contribution in [0.25, 0.3) is 0 Å². The number of rotatable bonds is 5. The van der Waals surface area contributed by atoms with E-state index in [1.54, 1.807) is 6.07 Å². The number of nitrogens with zero attached hydrogens (tertiary/aromatic N) is 1. The number of benzene rings is 1. The van der Waals surface area contributed by atoms with Crippen LogP contribution in [-0.2, 0) is 6.54 Å². The zero-order valence-corrected chi connectivity index (χ0v) is 11.6. The minimum Gasteiger partial charge on any atom is -0.311 e. The molecule has 1 rings (SSSR count). The predicted molar refractivity (Wildman–Crippen MR) is 70.9 cm³/mol. The first kappa shape index (κ1) is 14.4. The molecule has 0 aliphatic rings. The molecule has 1 aromatic carbocycles. The molecule has 4 heteroatoms. The minimum absolute atomic E-state index is 0.0666. The molecule has 1 aromatic rings. The number of hydrogen-bond donors (Lipinski definition) is 1.